The average Bonchev–Trinajstić information content (AvgIpc) is 2.65. The molecule has 168 valence electrons. The highest BCUT2D eigenvalue weighted by Crippen LogP contribution is 2.46. The smallest absolute Gasteiger partial charge is 0.428 e. The second kappa shape index (κ2) is 8.23. The first-order chi connectivity index (χ1) is 14.1. The van der Waals surface area contributed by atoms with Crippen molar-refractivity contribution in [3.63, 3.8) is 0 Å². The standard InChI is InChI=1S/C16H10F7N3O5/c1-24(8-3-2-4-10(5-8)31-16(22,23)14(17)18)13-11(15(19,20)21)6-9(25(27)28)7-12(13)26(29)30/h2-7,14H,1H3. The van der Waals surface area contributed by atoms with Gasteiger partial charge in [0.05, 0.1) is 21.5 Å². The first-order valence-electron chi connectivity index (χ1n) is 7.88. The van der Waals surface area contributed by atoms with E-state index in [1.165, 1.54) is 0 Å². The van der Waals surface area contributed by atoms with Gasteiger partial charge in [-0.2, -0.15) is 30.7 Å². The number of nitro benzene ring substituents is 2. The monoisotopic (exact) mass is 457 g/mol. The summed E-state index contributed by atoms with van der Waals surface area (Å²) in [6, 6.07) is 3.81. The van der Waals surface area contributed by atoms with Crippen LogP contribution in [0.5, 0.6) is 5.75 Å². The summed E-state index contributed by atoms with van der Waals surface area (Å²) >= 11 is 0. The minimum Gasteiger partial charge on any atom is -0.428 e. The van der Waals surface area contributed by atoms with E-state index in [2.05, 4.69) is 4.74 Å². The van der Waals surface area contributed by atoms with Gasteiger partial charge in [0.25, 0.3) is 11.4 Å². The maximum absolute atomic E-state index is 13.5. The Morgan fingerprint density at radius 3 is 2.10 bits per heavy atom. The van der Waals surface area contributed by atoms with E-state index in [0.717, 1.165) is 25.2 Å². The largest absolute Gasteiger partial charge is 0.461 e. The molecular formula is C16H10F7N3O5. The number of nitrogens with zero attached hydrogens (tertiary/aromatic N) is 3. The number of halogens is 7. The molecule has 0 aliphatic rings. The van der Waals surface area contributed by atoms with Crippen molar-refractivity contribution < 1.29 is 45.3 Å². The summed E-state index contributed by atoms with van der Waals surface area (Å²) in [6.07, 6.45) is -14.4. The Morgan fingerprint density at radius 1 is 1.00 bits per heavy atom. The van der Waals surface area contributed by atoms with E-state index >= 15 is 0 Å². The summed E-state index contributed by atoms with van der Waals surface area (Å²) in [5.74, 6) is -0.868. The fraction of sp³-hybridized carbons (Fsp3) is 0.250. The highest BCUT2D eigenvalue weighted by Gasteiger charge is 2.44. The lowest BCUT2D eigenvalue weighted by Gasteiger charge is -2.24. The fourth-order valence-corrected chi connectivity index (χ4v) is 2.50. The molecular weight excluding hydrogens is 447 g/mol. The van der Waals surface area contributed by atoms with Crippen molar-refractivity contribution >= 4 is 22.7 Å². The third kappa shape index (κ3) is 5.10. The van der Waals surface area contributed by atoms with Crippen LogP contribution in [0.3, 0.4) is 0 Å². The Hall–Kier alpha value is -3.65. The Labute approximate surface area is 167 Å². The van der Waals surface area contributed by atoms with Gasteiger partial charge in [0.1, 0.15) is 11.4 Å². The van der Waals surface area contributed by atoms with Crippen LogP contribution in [0, 0.1) is 20.2 Å². The van der Waals surface area contributed by atoms with Crippen LogP contribution in [0.1, 0.15) is 5.56 Å². The number of benzene rings is 2. The Kier molecular flexibility index (Phi) is 6.28. The minimum atomic E-state index is -5.28. The van der Waals surface area contributed by atoms with Crippen LogP contribution in [-0.4, -0.2) is 29.4 Å². The van der Waals surface area contributed by atoms with Crippen LogP contribution < -0.4 is 9.64 Å². The third-order valence-corrected chi connectivity index (χ3v) is 3.84. The quantitative estimate of drug-likeness (QED) is 0.308. The van der Waals surface area contributed by atoms with Crippen molar-refractivity contribution in [2.75, 3.05) is 11.9 Å². The Bertz CT molecular complexity index is 1010. The lowest BCUT2D eigenvalue weighted by atomic mass is 10.1. The number of rotatable bonds is 7. The van der Waals surface area contributed by atoms with Crippen molar-refractivity contribution in [2.24, 2.45) is 0 Å². The maximum Gasteiger partial charge on any atom is 0.461 e. The first-order valence-corrected chi connectivity index (χ1v) is 7.88. The maximum atomic E-state index is 13.5. The second-order valence-corrected chi connectivity index (χ2v) is 5.89. The molecule has 2 aromatic rings. The van der Waals surface area contributed by atoms with E-state index in [0.29, 0.717) is 17.0 Å². The summed E-state index contributed by atoms with van der Waals surface area (Å²) < 4.78 is 95.3. The van der Waals surface area contributed by atoms with Gasteiger partial charge in [-0.1, -0.05) is 6.07 Å². The van der Waals surface area contributed by atoms with Gasteiger partial charge in [-0.3, -0.25) is 20.2 Å². The van der Waals surface area contributed by atoms with Crippen LogP contribution in [-0.2, 0) is 6.18 Å². The number of alkyl halides is 7. The highest BCUT2D eigenvalue weighted by atomic mass is 19.4. The van der Waals surface area contributed by atoms with Crippen molar-refractivity contribution in [2.45, 2.75) is 18.7 Å². The van der Waals surface area contributed by atoms with E-state index in [1.807, 2.05) is 0 Å². The molecule has 0 fully saturated rings. The van der Waals surface area contributed by atoms with E-state index in [-0.39, 0.29) is 6.07 Å². The minimum absolute atomic E-state index is 0.0735. The molecule has 0 aliphatic heterocycles. The molecule has 2 rings (SSSR count). The summed E-state index contributed by atoms with van der Waals surface area (Å²) in [7, 11) is 0.883. The average molecular weight is 457 g/mol. The van der Waals surface area contributed by atoms with Crippen LogP contribution in [0.15, 0.2) is 36.4 Å². The van der Waals surface area contributed by atoms with Crippen LogP contribution in [0.25, 0.3) is 0 Å². The lowest BCUT2D eigenvalue weighted by Crippen LogP contribution is -2.33. The van der Waals surface area contributed by atoms with Crippen LogP contribution in [0.4, 0.5) is 53.5 Å². The Morgan fingerprint density at radius 2 is 1.61 bits per heavy atom. The summed E-state index contributed by atoms with van der Waals surface area (Å²) in [6.45, 7) is 0. The van der Waals surface area contributed by atoms with Crippen LogP contribution in [0.2, 0.25) is 0 Å². The van der Waals surface area contributed by atoms with Gasteiger partial charge >= 0.3 is 18.7 Å². The highest BCUT2D eigenvalue weighted by molar-refractivity contribution is 5.78. The first kappa shape index (κ1) is 23.6. The number of ether oxygens (including phenoxy) is 1. The van der Waals surface area contributed by atoms with E-state index < -0.39 is 62.6 Å². The van der Waals surface area contributed by atoms with E-state index in [4.69, 9.17) is 0 Å². The molecule has 0 unspecified atom stereocenters. The number of hydrogen-bond donors (Lipinski definition) is 0. The fourth-order valence-electron chi connectivity index (χ4n) is 2.50. The molecule has 0 saturated carbocycles. The second-order valence-electron chi connectivity index (χ2n) is 5.89. The van der Waals surface area contributed by atoms with Crippen molar-refractivity contribution in [1.29, 1.82) is 0 Å². The van der Waals surface area contributed by atoms with E-state index in [1.54, 1.807) is 0 Å². The summed E-state index contributed by atoms with van der Waals surface area (Å²) in [4.78, 5) is 20.2. The molecule has 0 aliphatic carbocycles. The van der Waals surface area contributed by atoms with Crippen molar-refractivity contribution in [3.05, 3.63) is 62.2 Å². The van der Waals surface area contributed by atoms with Crippen LogP contribution >= 0.6 is 0 Å². The number of nitro groups is 2. The number of non-ortho nitro benzene ring substituents is 1. The van der Waals surface area contributed by atoms with E-state index in [9.17, 15) is 51.0 Å². The van der Waals surface area contributed by atoms with Gasteiger partial charge in [-0.15, -0.1) is 0 Å². The molecule has 0 bridgehead atoms. The molecule has 2 aromatic carbocycles. The van der Waals surface area contributed by atoms with Gasteiger partial charge in [-0.05, 0) is 12.1 Å². The van der Waals surface area contributed by atoms with Gasteiger partial charge in [0, 0.05) is 24.9 Å². The van der Waals surface area contributed by atoms with Crippen molar-refractivity contribution in [3.8, 4) is 5.75 Å². The zero-order valence-electron chi connectivity index (χ0n) is 15.1. The van der Waals surface area contributed by atoms with Gasteiger partial charge in [0.2, 0.25) is 0 Å². The Balaban J connectivity index is 2.67. The molecule has 0 atom stereocenters. The molecule has 0 aromatic heterocycles. The third-order valence-electron chi connectivity index (χ3n) is 3.84. The molecule has 0 amide bonds. The topological polar surface area (TPSA) is 98.8 Å². The van der Waals surface area contributed by atoms with Gasteiger partial charge in [-0.25, -0.2) is 0 Å². The molecule has 0 heterocycles. The predicted molar refractivity (Wildman–Crippen MR) is 90.8 cm³/mol. The summed E-state index contributed by atoms with van der Waals surface area (Å²) in [5.41, 5.74) is -5.79. The molecule has 0 spiro atoms. The van der Waals surface area contributed by atoms with Gasteiger partial charge in [0.15, 0.2) is 0 Å². The molecule has 8 nitrogen and oxygen atoms in total. The van der Waals surface area contributed by atoms with Gasteiger partial charge < -0.3 is 9.64 Å². The zero-order valence-corrected chi connectivity index (χ0v) is 15.1. The molecule has 15 heteroatoms. The number of hydrogen-bond acceptors (Lipinski definition) is 6. The number of anilines is 2. The molecule has 31 heavy (non-hydrogen) atoms. The molecule has 0 radical (unpaired) electrons. The summed E-state index contributed by atoms with van der Waals surface area (Å²) in [5, 5.41) is 22.2. The van der Waals surface area contributed by atoms with Crippen molar-refractivity contribution in [1.82, 2.24) is 0 Å². The predicted octanol–water partition coefficient (Wildman–Crippen LogP) is 5.53. The molecule has 0 N–H and O–H groups in total. The zero-order chi connectivity index (χ0) is 23.7. The molecule has 0 saturated heterocycles. The SMILES string of the molecule is CN(c1cccc(OC(F)(F)C(F)F)c1)c1c([N+](=O)[O-])cc([N+](=O)[O-])cc1C(F)(F)F. The lowest BCUT2D eigenvalue weighted by molar-refractivity contribution is -0.394. The normalized spacial score (nSPS) is 12.0.